The second-order valence-electron chi connectivity index (χ2n) is 4.98. The van der Waals surface area contributed by atoms with Crippen LogP contribution in [0, 0.1) is 0 Å². The average Bonchev–Trinajstić information content (AvgIpc) is 2.44. The van der Waals surface area contributed by atoms with Crippen molar-refractivity contribution in [2.45, 2.75) is 13.0 Å². The summed E-state index contributed by atoms with van der Waals surface area (Å²) in [6, 6.07) is 5.22. The van der Waals surface area contributed by atoms with E-state index in [0.29, 0.717) is 30.3 Å². The van der Waals surface area contributed by atoms with Crippen molar-refractivity contribution in [2.24, 2.45) is 0 Å². The van der Waals surface area contributed by atoms with Gasteiger partial charge in [0.1, 0.15) is 24.2 Å². The molecule has 1 fully saturated rings. The van der Waals surface area contributed by atoms with Crippen LogP contribution < -0.4 is 9.47 Å². The molecular weight excluding hydrogens is 258 g/mol. The van der Waals surface area contributed by atoms with Gasteiger partial charge in [0.25, 0.3) is 0 Å². The first-order valence-electron chi connectivity index (χ1n) is 6.72. The summed E-state index contributed by atoms with van der Waals surface area (Å²) >= 11 is 0. The van der Waals surface area contributed by atoms with Crippen molar-refractivity contribution in [2.75, 3.05) is 40.5 Å². The fourth-order valence-corrected chi connectivity index (χ4v) is 2.19. The second-order valence-corrected chi connectivity index (χ2v) is 4.98. The van der Waals surface area contributed by atoms with Crippen LogP contribution in [0.15, 0.2) is 18.2 Å². The lowest BCUT2D eigenvalue weighted by molar-refractivity contribution is -0.0404. The number of benzene rings is 1. The zero-order valence-electron chi connectivity index (χ0n) is 12.2. The molecule has 0 aliphatic carbocycles. The van der Waals surface area contributed by atoms with Gasteiger partial charge < -0.3 is 19.1 Å². The Morgan fingerprint density at radius 1 is 1.50 bits per heavy atom. The molecule has 1 aromatic carbocycles. The summed E-state index contributed by atoms with van der Waals surface area (Å²) in [4.78, 5) is 13.8. The van der Waals surface area contributed by atoms with Crippen molar-refractivity contribution in [3.05, 3.63) is 23.8 Å². The number of nitrogens with zero attached hydrogens (tertiary/aromatic N) is 1. The van der Waals surface area contributed by atoms with Crippen LogP contribution in [0.4, 0.5) is 0 Å². The third-order valence-electron chi connectivity index (χ3n) is 3.33. The zero-order chi connectivity index (χ0) is 14.5. The summed E-state index contributed by atoms with van der Waals surface area (Å²) in [5.74, 6) is 1.20. The largest absolute Gasteiger partial charge is 0.497 e. The van der Waals surface area contributed by atoms with Gasteiger partial charge >= 0.3 is 0 Å². The molecule has 1 unspecified atom stereocenters. The number of Topliss-reactive ketones (excluding diaryl/α,β-unsaturated/α-hetero) is 1. The predicted octanol–water partition coefficient (Wildman–Crippen LogP) is 1.61. The number of ketones is 1. The fourth-order valence-electron chi connectivity index (χ4n) is 2.19. The van der Waals surface area contributed by atoms with E-state index in [2.05, 4.69) is 11.9 Å². The molecule has 0 aromatic heterocycles. The van der Waals surface area contributed by atoms with Crippen LogP contribution in [0.5, 0.6) is 11.5 Å². The first kappa shape index (κ1) is 14.8. The molecule has 1 aliphatic rings. The number of hydrogen-bond acceptors (Lipinski definition) is 5. The van der Waals surface area contributed by atoms with E-state index in [1.165, 1.54) is 6.92 Å². The Kier molecular flexibility index (Phi) is 4.98. The molecule has 5 heteroatoms. The van der Waals surface area contributed by atoms with Crippen molar-refractivity contribution in [1.29, 1.82) is 0 Å². The van der Waals surface area contributed by atoms with Gasteiger partial charge in [-0.05, 0) is 26.1 Å². The first-order valence-corrected chi connectivity index (χ1v) is 6.72. The maximum atomic E-state index is 11.6. The van der Waals surface area contributed by atoms with E-state index in [1.807, 2.05) is 0 Å². The van der Waals surface area contributed by atoms with Crippen LogP contribution in [-0.2, 0) is 4.74 Å². The van der Waals surface area contributed by atoms with Gasteiger partial charge in [0, 0.05) is 19.2 Å². The smallest absolute Gasteiger partial charge is 0.163 e. The molecule has 20 heavy (non-hydrogen) atoms. The molecule has 0 radical (unpaired) electrons. The Morgan fingerprint density at radius 2 is 2.30 bits per heavy atom. The fraction of sp³-hybridized carbons (Fsp3) is 0.533. The third kappa shape index (κ3) is 3.71. The van der Waals surface area contributed by atoms with Gasteiger partial charge in [-0.3, -0.25) is 4.79 Å². The Hall–Kier alpha value is -1.59. The minimum atomic E-state index is -0.0238. The van der Waals surface area contributed by atoms with Gasteiger partial charge in [-0.25, -0.2) is 0 Å². The molecule has 0 N–H and O–H groups in total. The monoisotopic (exact) mass is 279 g/mol. The molecule has 1 saturated heterocycles. The number of hydrogen-bond donors (Lipinski definition) is 0. The van der Waals surface area contributed by atoms with E-state index in [1.54, 1.807) is 25.3 Å². The van der Waals surface area contributed by atoms with Gasteiger partial charge in [0.15, 0.2) is 5.78 Å². The molecule has 0 saturated carbocycles. The Balaban J connectivity index is 2.05. The summed E-state index contributed by atoms with van der Waals surface area (Å²) < 4.78 is 16.6. The zero-order valence-corrected chi connectivity index (χ0v) is 12.2. The van der Waals surface area contributed by atoms with Crippen LogP contribution >= 0.6 is 0 Å². The number of likely N-dealkylation sites (N-methyl/N-ethyl adjacent to an activating group) is 1. The molecule has 1 atom stereocenters. The maximum Gasteiger partial charge on any atom is 0.163 e. The molecule has 110 valence electrons. The number of carbonyl (C=O) groups excluding carboxylic acids is 1. The van der Waals surface area contributed by atoms with Gasteiger partial charge in [-0.15, -0.1) is 0 Å². The number of ether oxygens (including phenoxy) is 3. The number of methoxy groups -OCH3 is 1. The highest BCUT2D eigenvalue weighted by Gasteiger charge is 2.19. The SMILES string of the molecule is COc1ccc(C(C)=O)c(OCC2CN(C)CCO2)c1. The number of morpholine rings is 1. The average molecular weight is 279 g/mol. The van der Waals surface area contributed by atoms with Crippen LogP contribution in [0.1, 0.15) is 17.3 Å². The summed E-state index contributed by atoms with van der Waals surface area (Å²) in [6.45, 7) is 4.44. The Bertz CT molecular complexity index is 475. The Morgan fingerprint density at radius 3 is 2.95 bits per heavy atom. The van der Waals surface area contributed by atoms with E-state index < -0.39 is 0 Å². The lowest BCUT2D eigenvalue weighted by Crippen LogP contribution is -2.42. The highest BCUT2D eigenvalue weighted by atomic mass is 16.5. The molecule has 0 amide bonds. The molecule has 1 heterocycles. The quantitative estimate of drug-likeness (QED) is 0.766. The maximum absolute atomic E-state index is 11.6. The van der Waals surface area contributed by atoms with Crippen LogP contribution in [-0.4, -0.2) is 57.2 Å². The molecule has 1 aromatic rings. The minimum Gasteiger partial charge on any atom is -0.497 e. The van der Waals surface area contributed by atoms with E-state index >= 15 is 0 Å². The molecule has 2 rings (SSSR count). The van der Waals surface area contributed by atoms with Crippen molar-refractivity contribution in [3.8, 4) is 11.5 Å². The minimum absolute atomic E-state index is 0.0238. The number of rotatable bonds is 5. The molecule has 0 bridgehead atoms. The van der Waals surface area contributed by atoms with Crippen molar-refractivity contribution < 1.29 is 19.0 Å². The van der Waals surface area contributed by atoms with Crippen LogP contribution in [0.25, 0.3) is 0 Å². The lowest BCUT2D eigenvalue weighted by atomic mass is 10.1. The van der Waals surface area contributed by atoms with E-state index in [4.69, 9.17) is 14.2 Å². The highest BCUT2D eigenvalue weighted by Crippen LogP contribution is 2.25. The molecule has 1 aliphatic heterocycles. The van der Waals surface area contributed by atoms with Gasteiger partial charge in [0.05, 0.1) is 19.3 Å². The lowest BCUT2D eigenvalue weighted by Gasteiger charge is -2.30. The normalized spacial score (nSPS) is 19.6. The van der Waals surface area contributed by atoms with E-state index in [-0.39, 0.29) is 11.9 Å². The summed E-state index contributed by atoms with van der Waals surface area (Å²) in [7, 11) is 3.65. The third-order valence-corrected chi connectivity index (χ3v) is 3.33. The van der Waals surface area contributed by atoms with Gasteiger partial charge in [-0.2, -0.15) is 0 Å². The Labute approximate surface area is 119 Å². The molecular formula is C15H21NO4. The standard InChI is InChI=1S/C15H21NO4/c1-11(17)14-5-4-12(18-3)8-15(14)20-10-13-9-16(2)6-7-19-13/h4-5,8,13H,6-7,9-10H2,1-3H3. The van der Waals surface area contributed by atoms with E-state index in [9.17, 15) is 4.79 Å². The highest BCUT2D eigenvalue weighted by molar-refractivity contribution is 5.97. The van der Waals surface area contributed by atoms with Crippen molar-refractivity contribution >= 4 is 5.78 Å². The summed E-state index contributed by atoms with van der Waals surface area (Å²) in [5, 5.41) is 0. The first-order chi connectivity index (χ1) is 9.60. The van der Waals surface area contributed by atoms with Gasteiger partial charge in [0.2, 0.25) is 0 Å². The van der Waals surface area contributed by atoms with Crippen molar-refractivity contribution in [1.82, 2.24) is 4.90 Å². The molecule has 0 spiro atoms. The van der Waals surface area contributed by atoms with Crippen molar-refractivity contribution in [3.63, 3.8) is 0 Å². The topological polar surface area (TPSA) is 48.0 Å². The predicted molar refractivity (Wildman–Crippen MR) is 75.7 cm³/mol. The van der Waals surface area contributed by atoms with Gasteiger partial charge in [-0.1, -0.05) is 0 Å². The van der Waals surface area contributed by atoms with Crippen LogP contribution in [0.3, 0.4) is 0 Å². The summed E-state index contributed by atoms with van der Waals surface area (Å²) in [5.41, 5.74) is 0.565. The second kappa shape index (κ2) is 6.72. The molecule has 5 nitrogen and oxygen atoms in total. The van der Waals surface area contributed by atoms with E-state index in [0.717, 1.165) is 13.1 Å². The summed E-state index contributed by atoms with van der Waals surface area (Å²) in [6.07, 6.45) is 0.0276. The van der Waals surface area contributed by atoms with Crippen LogP contribution in [0.2, 0.25) is 0 Å². The number of carbonyl (C=O) groups is 1.